The number of carbonyl (C=O) groups is 1. The first-order valence-electron chi connectivity index (χ1n) is 8.77. The molecule has 1 amide bonds. The number of aryl methyl sites for hydroxylation is 3. The fourth-order valence-corrected chi connectivity index (χ4v) is 4.81. The molecule has 1 fully saturated rings. The standard InChI is InChI=1S/C19H30N2O3S/c1-14-11-16(3)17(12-15(14)2)25(23,24)21-9-7-20(8-10-21)18(22)13-19(4,5)6/h11-12H,7-10,13H2,1-6H3. The average Bonchev–Trinajstić information content (AvgIpc) is 2.49. The van der Waals surface area contributed by atoms with E-state index in [2.05, 4.69) is 0 Å². The van der Waals surface area contributed by atoms with Crippen molar-refractivity contribution >= 4 is 15.9 Å². The van der Waals surface area contributed by atoms with E-state index < -0.39 is 10.0 Å². The van der Waals surface area contributed by atoms with Gasteiger partial charge in [0, 0.05) is 32.6 Å². The molecule has 0 spiro atoms. The summed E-state index contributed by atoms with van der Waals surface area (Å²) in [5.74, 6) is 0.104. The Morgan fingerprint density at radius 1 is 0.960 bits per heavy atom. The third-order valence-corrected chi connectivity index (χ3v) is 6.72. The highest BCUT2D eigenvalue weighted by Crippen LogP contribution is 2.25. The molecule has 0 bridgehead atoms. The van der Waals surface area contributed by atoms with E-state index in [1.165, 1.54) is 4.31 Å². The molecule has 5 nitrogen and oxygen atoms in total. The van der Waals surface area contributed by atoms with Crippen LogP contribution in [0.15, 0.2) is 17.0 Å². The molecule has 1 aliphatic heterocycles. The molecule has 0 aromatic heterocycles. The molecular weight excluding hydrogens is 336 g/mol. The number of sulfonamides is 1. The summed E-state index contributed by atoms with van der Waals surface area (Å²) in [5.41, 5.74) is 2.78. The van der Waals surface area contributed by atoms with Crippen LogP contribution in [0.4, 0.5) is 0 Å². The first-order chi connectivity index (χ1) is 11.4. The molecular formula is C19H30N2O3S. The Balaban J connectivity index is 2.12. The van der Waals surface area contributed by atoms with Crippen LogP contribution < -0.4 is 0 Å². The predicted molar refractivity (Wildman–Crippen MR) is 100 cm³/mol. The lowest BCUT2D eigenvalue weighted by molar-refractivity contribution is -0.134. The van der Waals surface area contributed by atoms with E-state index in [-0.39, 0.29) is 11.3 Å². The molecule has 1 aromatic carbocycles. The van der Waals surface area contributed by atoms with Gasteiger partial charge in [-0.1, -0.05) is 26.8 Å². The lowest BCUT2D eigenvalue weighted by Gasteiger charge is -2.35. The molecule has 0 unspecified atom stereocenters. The number of hydrogen-bond donors (Lipinski definition) is 0. The van der Waals surface area contributed by atoms with Gasteiger partial charge in [0.15, 0.2) is 0 Å². The Labute approximate surface area is 152 Å². The van der Waals surface area contributed by atoms with Gasteiger partial charge in [0.2, 0.25) is 15.9 Å². The predicted octanol–water partition coefficient (Wildman–Crippen LogP) is 2.88. The molecule has 6 heteroatoms. The van der Waals surface area contributed by atoms with Crippen molar-refractivity contribution in [3.05, 3.63) is 28.8 Å². The van der Waals surface area contributed by atoms with Crippen LogP contribution >= 0.6 is 0 Å². The maximum absolute atomic E-state index is 13.0. The van der Waals surface area contributed by atoms with E-state index in [9.17, 15) is 13.2 Å². The monoisotopic (exact) mass is 366 g/mol. The number of carbonyl (C=O) groups excluding carboxylic acids is 1. The summed E-state index contributed by atoms with van der Waals surface area (Å²) in [7, 11) is -3.52. The maximum Gasteiger partial charge on any atom is 0.243 e. The van der Waals surface area contributed by atoms with Crippen molar-refractivity contribution in [3.63, 3.8) is 0 Å². The third kappa shape index (κ3) is 4.61. The molecule has 0 aliphatic carbocycles. The zero-order valence-corrected chi connectivity index (χ0v) is 17.0. The molecule has 0 radical (unpaired) electrons. The van der Waals surface area contributed by atoms with Crippen LogP contribution in [0.2, 0.25) is 0 Å². The Kier molecular flexibility index (Phi) is 5.64. The Hall–Kier alpha value is -1.40. The molecule has 1 aliphatic rings. The summed E-state index contributed by atoms with van der Waals surface area (Å²) in [6.45, 7) is 13.5. The number of piperazine rings is 1. The first-order valence-corrected chi connectivity index (χ1v) is 10.2. The summed E-state index contributed by atoms with van der Waals surface area (Å²) in [6.07, 6.45) is 0.482. The van der Waals surface area contributed by atoms with Gasteiger partial charge in [-0.05, 0) is 48.9 Å². The highest BCUT2D eigenvalue weighted by molar-refractivity contribution is 7.89. The molecule has 1 aromatic rings. The van der Waals surface area contributed by atoms with E-state index in [1.807, 2.05) is 47.6 Å². The number of benzene rings is 1. The summed E-state index contributed by atoms with van der Waals surface area (Å²) in [5, 5.41) is 0. The van der Waals surface area contributed by atoms with E-state index in [4.69, 9.17) is 0 Å². The van der Waals surface area contributed by atoms with Crippen LogP contribution in [-0.4, -0.2) is 49.7 Å². The maximum atomic E-state index is 13.0. The van der Waals surface area contributed by atoms with Crippen LogP contribution in [0.1, 0.15) is 43.9 Å². The van der Waals surface area contributed by atoms with E-state index >= 15 is 0 Å². The summed E-state index contributed by atoms with van der Waals surface area (Å²) in [4.78, 5) is 14.5. The molecule has 1 saturated heterocycles. The second-order valence-electron chi connectivity index (χ2n) is 8.22. The topological polar surface area (TPSA) is 57.7 Å². The van der Waals surface area contributed by atoms with Crippen LogP contribution in [0, 0.1) is 26.2 Å². The molecule has 0 saturated carbocycles. The quantitative estimate of drug-likeness (QED) is 0.826. The fraction of sp³-hybridized carbons (Fsp3) is 0.632. The third-order valence-electron chi connectivity index (χ3n) is 4.68. The van der Waals surface area contributed by atoms with Crippen molar-refractivity contribution in [1.82, 2.24) is 9.21 Å². The lowest BCUT2D eigenvalue weighted by atomic mass is 9.91. The smallest absolute Gasteiger partial charge is 0.243 e. The van der Waals surface area contributed by atoms with Crippen LogP contribution in [0.25, 0.3) is 0 Å². The van der Waals surface area contributed by atoms with Crippen molar-refractivity contribution in [1.29, 1.82) is 0 Å². The second kappa shape index (κ2) is 7.08. The molecule has 0 N–H and O–H groups in total. The van der Waals surface area contributed by atoms with Crippen molar-refractivity contribution in [2.45, 2.75) is 52.9 Å². The van der Waals surface area contributed by atoms with Gasteiger partial charge in [-0.15, -0.1) is 0 Å². The van der Waals surface area contributed by atoms with Gasteiger partial charge < -0.3 is 4.90 Å². The summed E-state index contributed by atoms with van der Waals surface area (Å²) in [6, 6.07) is 3.68. The highest BCUT2D eigenvalue weighted by atomic mass is 32.2. The minimum absolute atomic E-state index is 0.0587. The van der Waals surface area contributed by atoms with E-state index in [0.29, 0.717) is 37.5 Å². The summed E-state index contributed by atoms with van der Waals surface area (Å²) >= 11 is 0. The van der Waals surface area contributed by atoms with Crippen molar-refractivity contribution in [2.24, 2.45) is 5.41 Å². The van der Waals surface area contributed by atoms with Gasteiger partial charge in [0.25, 0.3) is 0 Å². The zero-order valence-electron chi connectivity index (χ0n) is 16.2. The number of rotatable bonds is 3. The molecule has 2 rings (SSSR count). The Morgan fingerprint density at radius 3 is 2.00 bits per heavy atom. The Bertz CT molecular complexity index is 756. The minimum atomic E-state index is -3.52. The van der Waals surface area contributed by atoms with Crippen LogP contribution in [-0.2, 0) is 14.8 Å². The van der Waals surface area contributed by atoms with Crippen LogP contribution in [0.3, 0.4) is 0 Å². The number of hydrogen-bond acceptors (Lipinski definition) is 3. The molecule has 0 atom stereocenters. The van der Waals surface area contributed by atoms with Gasteiger partial charge in [-0.2, -0.15) is 4.31 Å². The van der Waals surface area contributed by atoms with Crippen LogP contribution in [0.5, 0.6) is 0 Å². The van der Waals surface area contributed by atoms with Gasteiger partial charge >= 0.3 is 0 Å². The number of amides is 1. The SMILES string of the molecule is Cc1cc(C)c(S(=O)(=O)N2CCN(C(=O)CC(C)(C)C)CC2)cc1C. The second-order valence-corrected chi connectivity index (χ2v) is 10.1. The van der Waals surface area contributed by atoms with E-state index in [1.54, 1.807) is 11.0 Å². The molecule has 25 heavy (non-hydrogen) atoms. The largest absolute Gasteiger partial charge is 0.340 e. The molecule has 1 heterocycles. The van der Waals surface area contributed by atoms with Crippen molar-refractivity contribution < 1.29 is 13.2 Å². The van der Waals surface area contributed by atoms with Gasteiger partial charge in [-0.25, -0.2) is 8.42 Å². The normalized spacial score (nSPS) is 17.0. The lowest BCUT2D eigenvalue weighted by Crippen LogP contribution is -2.51. The number of nitrogens with zero attached hydrogens (tertiary/aromatic N) is 2. The van der Waals surface area contributed by atoms with Gasteiger partial charge in [0.05, 0.1) is 4.90 Å². The van der Waals surface area contributed by atoms with Gasteiger partial charge in [0.1, 0.15) is 0 Å². The average molecular weight is 367 g/mol. The summed E-state index contributed by atoms with van der Waals surface area (Å²) < 4.78 is 27.5. The van der Waals surface area contributed by atoms with Gasteiger partial charge in [-0.3, -0.25) is 4.79 Å². The van der Waals surface area contributed by atoms with E-state index in [0.717, 1.165) is 16.7 Å². The minimum Gasteiger partial charge on any atom is -0.340 e. The zero-order chi connectivity index (χ0) is 19.0. The van der Waals surface area contributed by atoms with Crippen molar-refractivity contribution in [3.8, 4) is 0 Å². The van der Waals surface area contributed by atoms with Crippen molar-refractivity contribution in [2.75, 3.05) is 26.2 Å². The molecule has 140 valence electrons. The Morgan fingerprint density at radius 2 is 1.48 bits per heavy atom. The fourth-order valence-electron chi connectivity index (χ4n) is 3.09. The first kappa shape index (κ1) is 19.9. The highest BCUT2D eigenvalue weighted by Gasteiger charge is 2.32.